The maximum atomic E-state index is 13.4. The molecule has 3 rings (SSSR count). The summed E-state index contributed by atoms with van der Waals surface area (Å²) < 4.78 is 13.4. The zero-order valence-corrected chi connectivity index (χ0v) is 12.6. The number of piperazine rings is 1. The van der Waals surface area contributed by atoms with Crippen molar-refractivity contribution in [3.8, 4) is 0 Å². The quantitative estimate of drug-likeness (QED) is 0.901. The SMILES string of the molecule is O=C(c1cc(F)cc(Cl)c1)N1CCC(N2CCNCC2)C1. The maximum Gasteiger partial charge on any atom is 0.254 e. The summed E-state index contributed by atoms with van der Waals surface area (Å²) in [5.41, 5.74) is 0.334. The van der Waals surface area contributed by atoms with Gasteiger partial charge in [-0.15, -0.1) is 0 Å². The minimum Gasteiger partial charge on any atom is -0.337 e. The highest BCUT2D eigenvalue weighted by Crippen LogP contribution is 2.21. The Balaban J connectivity index is 1.66. The molecule has 0 aromatic heterocycles. The van der Waals surface area contributed by atoms with Crippen molar-refractivity contribution in [1.29, 1.82) is 0 Å². The van der Waals surface area contributed by atoms with Crippen LogP contribution in [0.5, 0.6) is 0 Å². The Morgan fingerprint density at radius 3 is 2.71 bits per heavy atom. The second kappa shape index (κ2) is 6.30. The van der Waals surface area contributed by atoms with Crippen molar-refractivity contribution < 1.29 is 9.18 Å². The predicted molar refractivity (Wildman–Crippen MR) is 80.2 cm³/mol. The van der Waals surface area contributed by atoms with Crippen molar-refractivity contribution in [3.05, 3.63) is 34.6 Å². The lowest BCUT2D eigenvalue weighted by atomic mass is 10.2. The van der Waals surface area contributed by atoms with Gasteiger partial charge in [-0.1, -0.05) is 11.6 Å². The lowest BCUT2D eigenvalue weighted by Crippen LogP contribution is -2.49. The van der Waals surface area contributed by atoms with Gasteiger partial charge >= 0.3 is 0 Å². The molecule has 0 aliphatic carbocycles. The van der Waals surface area contributed by atoms with Crippen molar-refractivity contribution in [2.45, 2.75) is 12.5 Å². The van der Waals surface area contributed by atoms with E-state index in [4.69, 9.17) is 11.6 Å². The number of amides is 1. The first-order valence-electron chi connectivity index (χ1n) is 7.33. The molecule has 0 spiro atoms. The monoisotopic (exact) mass is 311 g/mol. The molecule has 0 saturated carbocycles. The smallest absolute Gasteiger partial charge is 0.254 e. The fourth-order valence-electron chi connectivity index (χ4n) is 3.13. The number of nitrogens with one attached hydrogen (secondary N) is 1. The normalized spacial score (nSPS) is 23.5. The van der Waals surface area contributed by atoms with Crippen LogP contribution in [0.2, 0.25) is 5.02 Å². The van der Waals surface area contributed by atoms with Crippen LogP contribution in [0.1, 0.15) is 16.8 Å². The summed E-state index contributed by atoms with van der Waals surface area (Å²) >= 11 is 5.83. The van der Waals surface area contributed by atoms with Gasteiger partial charge in [-0.05, 0) is 24.6 Å². The van der Waals surface area contributed by atoms with Crippen LogP contribution in [0.4, 0.5) is 4.39 Å². The molecule has 1 unspecified atom stereocenters. The van der Waals surface area contributed by atoms with E-state index in [2.05, 4.69) is 10.2 Å². The molecule has 2 fully saturated rings. The molecular formula is C15H19ClFN3O. The molecule has 21 heavy (non-hydrogen) atoms. The van der Waals surface area contributed by atoms with Crippen LogP contribution in [-0.4, -0.2) is 61.0 Å². The molecule has 2 saturated heterocycles. The van der Waals surface area contributed by atoms with Crippen LogP contribution in [0.3, 0.4) is 0 Å². The molecule has 1 N–H and O–H groups in total. The number of hydrogen-bond donors (Lipinski definition) is 1. The molecule has 2 aliphatic rings. The molecular weight excluding hydrogens is 293 g/mol. The number of benzene rings is 1. The summed E-state index contributed by atoms with van der Waals surface area (Å²) in [6.07, 6.45) is 0.981. The van der Waals surface area contributed by atoms with Crippen molar-refractivity contribution in [1.82, 2.24) is 15.1 Å². The van der Waals surface area contributed by atoms with E-state index < -0.39 is 5.82 Å². The van der Waals surface area contributed by atoms with Gasteiger partial charge in [0.2, 0.25) is 0 Å². The third-order valence-electron chi connectivity index (χ3n) is 4.23. The van der Waals surface area contributed by atoms with Gasteiger partial charge in [0.05, 0.1) is 0 Å². The molecule has 4 nitrogen and oxygen atoms in total. The number of nitrogens with zero attached hydrogens (tertiary/aromatic N) is 2. The summed E-state index contributed by atoms with van der Waals surface area (Å²) in [7, 11) is 0. The number of likely N-dealkylation sites (tertiary alicyclic amines) is 1. The Morgan fingerprint density at radius 2 is 2.00 bits per heavy atom. The Bertz CT molecular complexity index is 513. The van der Waals surface area contributed by atoms with E-state index in [1.165, 1.54) is 18.2 Å². The molecule has 114 valence electrons. The molecule has 1 aromatic carbocycles. The van der Waals surface area contributed by atoms with E-state index >= 15 is 0 Å². The van der Waals surface area contributed by atoms with Crippen LogP contribution in [0.15, 0.2) is 18.2 Å². The maximum absolute atomic E-state index is 13.4. The highest BCUT2D eigenvalue weighted by molar-refractivity contribution is 6.31. The van der Waals surface area contributed by atoms with Crippen molar-refractivity contribution >= 4 is 17.5 Å². The molecule has 2 heterocycles. The van der Waals surface area contributed by atoms with Crippen LogP contribution in [0, 0.1) is 5.82 Å². The fourth-order valence-corrected chi connectivity index (χ4v) is 3.35. The van der Waals surface area contributed by atoms with Crippen molar-refractivity contribution in [2.24, 2.45) is 0 Å². The predicted octanol–water partition coefficient (Wildman–Crippen LogP) is 1.60. The molecule has 2 aliphatic heterocycles. The van der Waals surface area contributed by atoms with E-state index in [0.29, 0.717) is 18.2 Å². The lowest BCUT2D eigenvalue weighted by Gasteiger charge is -2.32. The molecule has 1 amide bonds. The first-order chi connectivity index (χ1) is 10.1. The van der Waals surface area contributed by atoms with Gasteiger partial charge in [0.15, 0.2) is 0 Å². The number of rotatable bonds is 2. The minimum atomic E-state index is -0.469. The van der Waals surface area contributed by atoms with Gasteiger partial charge in [-0.3, -0.25) is 9.69 Å². The number of carbonyl (C=O) groups is 1. The minimum absolute atomic E-state index is 0.131. The van der Waals surface area contributed by atoms with E-state index in [9.17, 15) is 9.18 Å². The Labute approximate surface area is 128 Å². The summed E-state index contributed by atoms with van der Waals surface area (Å²) in [6.45, 7) is 5.50. The zero-order valence-electron chi connectivity index (χ0n) is 11.8. The van der Waals surface area contributed by atoms with Gasteiger partial charge in [-0.25, -0.2) is 4.39 Å². The third-order valence-corrected chi connectivity index (χ3v) is 4.45. The van der Waals surface area contributed by atoms with Crippen molar-refractivity contribution in [3.63, 3.8) is 0 Å². The molecule has 1 atom stereocenters. The zero-order chi connectivity index (χ0) is 14.8. The molecule has 6 heteroatoms. The average Bonchev–Trinajstić information content (AvgIpc) is 2.96. The fraction of sp³-hybridized carbons (Fsp3) is 0.533. The van der Waals surface area contributed by atoms with Crippen LogP contribution >= 0.6 is 11.6 Å². The standard InChI is InChI=1S/C15H19ClFN3O/c16-12-7-11(8-13(17)9-12)15(21)20-4-1-14(10-20)19-5-2-18-3-6-19/h7-9,14,18H,1-6,10H2. The van der Waals surface area contributed by atoms with Gasteiger partial charge in [-0.2, -0.15) is 0 Å². The Hall–Kier alpha value is -1.17. The van der Waals surface area contributed by atoms with Gasteiger partial charge in [0, 0.05) is 55.9 Å². The highest BCUT2D eigenvalue weighted by atomic mass is 35.5. The van der Waals surface area contributed by atoms with Crippen LogP contribution in [0.25, 0.3) is 0 Å². The number of hydrogen-bond acceptors (Lipinski definition) is 3. The first kappa shape index (κ1) is 14.8. The van der Waals surface area contributed by atoms with E-state index in [1.807, 2.05) is 0 Å². The third kappa shape index (κ3) is 3.36. The summed E-state index contributed by atoms with van der Waals surface area (Å²) in [5.74, 6) is -0.599. The molecule has 0 radical (unpaired) electrons. The number of halogens is 2. The summed E-state index contributed by atoms with van der Waals surface area (Å²) in [5, 5.41) is 3.59. The lowest BCUT2D eigenvalue weighted by molar-refractivity contribution is 0.0773. The summed E-state index contributed by atoms with van der Waals surface area (Å²) in [6, 6.07) is 4.42. The van der Waals surface area contributed by atoms with E-state index in [1.54, 1.807) is 4.90 Å². The van der Waals surface area contributed by atoms with Crippen molar-refractivity contribution in [2.75, 3.05) is 39.3 Å². The topological polar surface area (TPSA) is 35.6 Å². The Kier molecular flexibility index (Phi) is 4.42. The molecule has 1 aromatic rings. The van der Waals surface area contributed by atoms with Crippen LogP contribution < -0.4 is 5.32 Å². The second-order valence-electron chi connectivity index (χ2n) is 5.64. The largest absolute Gasteiger partial charge is 0.337 e. The van der Waals surface area contributed by atoms with Gasteiger partial charge in [0.1, 0.15) is 5.82 Å². The summed E-state index contributed by atoms with van der Waals surface area (Å²) in [4.78, 5) is 16.7. The van der Waals surface area contributed by atoms with Gasteiger partial charge < -0.3 is 10.2 Å². The van der Waals surface area contributed by atoms with Crippen LogP contribution in [-0.2, 0) is 0 Å². The second-order valence-corrected chi connectivity index (χ2v) is 6.07. The molecule has 0 bridgehead atoms. The number of carbonyl (C=O) groups excluding carboxylic acids is 1. The van der Waals surface area contributed by atoms with E-state index in [-0.39, 0.29) is 10.9 Å². The van der Waals surface area contributed by atoms with Gasteiger partial charge in [0.25, 0.3) is 5.91 Å². The highest BCUT2D eigenvalue weighted by Gasteiger charge is 2.31. The first-order valence-corrected chi connectivity index (χ1v) is 7.71. The Morgan fingerprint density at radius 1 is 1.24 bits per heavy atom. The average molecular weight is 312 g/mol. The van der Waals surface area contributed by atoms with E-state index in [0.717, 1.165) is 39.1 Å².